The van der Waals surface area contributed by atoms with E-state index >= 15 is 0 Å². The fourth-order valence-corrected chi connectivity index (χ4v) is 1.66. The molecule has 0 aliphatic rings. The third-order valence-electron chi connectivity index (χ3n) is 2.46. The molecule has 0 bridgehead atoms. The van der Waals surface area contributed by atoms with Gasteiger partial charge in [-0.2, -0.15) is 0 Å². The molecule has 4 nitrogen and oxygen atoms in total. The number of carbonyl (C=O) groups excluding carboxylic acids is 1. The van der Waals surface area contributed by atoms with Crippen LogP contribution in [-0.2, 0) is 4.79 Å². The van der Waals surface area contributed by atoms with Gasteiger partial charge in [0, 0.05) is 10.6 Å². The third-order valence-corrected chi connectivity index (χ3v) is 2.69. The summed E-state index contributed by atoms with van der Waals surface area (Å²) < 4.78 is 5.52. The molecule has 1 aromatic rings. The van der Waals surface area contributed by atoms with Crippen LogP contribution in [0.1, 0.15) is 25.5 Å². The Morgan fingerprint density at radius 2 is 2.26 bits per heavy atom. The highest BCUT2D eigenvalue weighted by molar-refractivity contribution is 6.30. The fraction of sp³-hybridized carbons (Fsp3) is 0.357. The molecule has 102 valence electrons. The summed E-state index contributed by atoms with van der Waals surface area (Å²) in [6.45, 7) is 3.35. The number of halogens is 1. The van der Waals surface area contributed by atoms with Gasteiger partial charge in [-0.05, 0) is 32.0 Å². The summed E-state index contributed by atoms with van der Waals surface area (Å²) in [5.74, 6) is 2.41. The second kappa shape index (κ2) is 7.03. The third kappa shape index (κ3) is 4.47. The maximum atomic E-state index is 11.6. The second-order valence-electron chi connectivity index (χ2n) is 4.04. The molecule has 0 spiro atoms. The van der Waals surface area contributed by atoms with E-state index in [2.05, 4.69) is 11.2 Å². The molecule has 5 heteroatoms. The first kappa shape index (κ1) is 15.4. The minimum Gasteiger partial charge on any atom is -0.481 e. The van der Waals surface area contributed by atoms with Crippen molar-refractivity contribution in [2.45, 2.75) is 26.1 Å². The number of hydrogen-bond donors (Lipinski definition) is 2. The topological polar surface area (TPSA) is 58.6 Å². The number of aliphatic hydroxyl groups excluding tert-OH is 1. The molecule has 2 N–H and O–H groups in total. The van der Waals surface area contributed by atoms with Crippen LogP contribution in [0.25, 0.3) is 0 Å². The molecular weight excluding hydrogens is 266 g/mol. The van der Waals surface area contributed by atoms with Gasteiger partial charge in [0.1, 0.15) is 5.75 Å². The Morgan fingerprint density at radius 3 is 2.84 bits per heavy atom. The van der Waals surface area contributed by atoms with Gasteiger partial charge in [0.05, 0.1) is 12.6 Å². The Labute approximate surface area is 117 Å². The lowest BCUT2D eigenvalue weighted by molar-refractivity contribution is -0.127. The van der Waals surface area contributed by atoms with Crippen molar-refractivity contribution in [1.29, 1.82) is 0 Å². The molecule has 0 aliphatic heterocycles. The van der Waals surface area contributed by atoms with Crippen molar-refractivity contribution in [1.82, 2.24) is 5.32 Å². The first-order chi connectivity index (χ1) is 8.95. The van der Waals surface area contributed by atoms with Gasteiger partial charge >= 0.3 is 0 Å². The summed E-state index contributed by atoms with van der Waals surface area (Å²) in [6, 6.07) is 4.86. The Bertz CT molecular complexity index is 494. The average Bonchev–Trinajstić information content (AvgIpc) is 2.37. The van der Waals surface area contributed by atoms with Gasteiger partial charge in [-0.15, -0.1) is 6.42 Å². The Kier molecular flexibility index (Phi) is 5.68. The van der Waals surface area contributed by atoms with Crippen molar-refractivity contribution < 1.29 is 14.6 Å². The SMILES string of the molecule is C#CCNC(=O)C(C)Oc1ccc(Cl)cc1[C@@H](C)O. The first-order valence-electron chi connectivity index (χ1n) is 5.81. The van der Waals surface area contributed by atoms with Gasteiger partial charge in [0.25, 0.3) is 5.91 Å². The molecule has 1 rings (SSSR count). The monoisotopic (exact) mass is 281 g/mol. The zero-order valence-electron chi connectivity index (χ0n) is 10.8. The van der Waals surface area contributed by atoms with E-state index in [1.807, 2.05) is 0 Å². The summed E-state index contributed by atoms with van der Waals surface area (Å²) in [7, 11) is 0. The molecule has 0 saturated carbocycles. The van der Waals surface area contributed by atoms with E-state index in [0.29, 0.717) is 16.3 Å². The van der Waals surface area contributed by atoms with Crippen LogP contribution in [0, 0.1) is 12.3 Å². The molecule has 1 aromatic carbocycles. The van der Waals surface area contributed by atoms with Crippen LogP contribution < -0.4 is 10.1 Å². The van der Waals surface area contributed by atoms with E-state index < -0.39 is 12.2 Å². The normalized spacial score (nSPS) is 13.2. The van der Waals surface area contributed by atoms with E-state index in [1.165, 1.54) is 0 Å². The van der Waals surface area contributed by atoms with Crippen molar-refractivity contribution in [3.63, 3.8) is 0 Å². The summed E-state index contributed by atoms with van der Waals surface area (Å²) >= 11 is 5.86. The Balaban J connectivity index is 2.82. The van der Waals surface area contributed by atoms with Crippen LogP contribution >= 0.6 is 11.6 Å². The van der Waals surface area contributed by atoms with Gasteiger partial charge in [0.2, 0.25) is 0 Å². The van der Waals surface area contributed by atoms with E-state index in [9.17, 15) is 9.90 Å². The molecule has 0 aromatic heterocycles. The molecule has 0 fully saturated rings. The maximum absolute atomic E-state index is 11.6. The molecule has 1 amide bonds. The van der Waals surface area contributed by atoms with E-state index in [1.54, 1.807) is 32.0 Å². The number of ether oxygens (including phenoxy) is 1. The van der Waals surface area contributed by atoms with Crippen LogP contribution in [0.15, 0.2) is 18.2 Å². The predicted octanol–water partition coefficient (Wildman–Crippen LogP) is 1.91. The van der Waals surface area contributed by atoms with Crippen molar-refractivity contribution in [2.24, 2.45) is 0 Å². The zero-order chi connectivity index (χ0) is 14.4. The van der Waals surface area contributed by atoms with Gasteiger partial charge in [-0.1, -0.05) is 17.5 Å². The molecule has 0 heterocycles. The summed E-state index contributed by atoms with van der Waals surface area (Å²) in [5, 5.41) is 12.7. The van der Waals surface area contributed by atoms with Crippen LogP contribution in [-0.4, -0.2) is 23.7 Å². The van der Waals surface area contributed by atoms with E-state index in [-0.39, 0.29) is 12.5 Å². The largest absolute Gasteiger partial charge is 0.481 e. The molecular formula is C14H16ClNO3. The summed E-state index contributed by atoms with van der Waals surface area (Å²) in [5.41, 5.74) is 0.532. The second-order valence-corrected chi connectivity index (χ2v) is 4.48. The van der Waals surface area contributed by atoms with Gasteiger partial charge in [0.15, 0.2) is 6.10 Å². The highest BCUT2D eigenvalue weighted by atomic mass is 35.5. The molecule has 0 saturated heterocycles. The van der Waals surface area contributed by atoms with Crippen LogP contribution in [0.3, 0.4) is 0 Å². The van der Waals surface area contributed by atoms with Gasteiger partial charge in [-0.3, -0.25) is 4.79 Å². The molecule has 0 aliphatic carbocycles. The average molecular weight is 282 g/mol. The number of hydrogen-bond acceptors (Lipinski definition) is 3. The number of terminal acetylenes is 1. The molecule has 19 heavy (non-hydrogen) atoms. The van der Waals surface area contributed by atoms with Crippen molar-refractivity contribution in [3.05, 3.63) is 28.8 Å². The molecule has 1 unspecified atom stereocenters. The van der Waals surface area contributed by atoms with Crippen molar-refractivity contribution in [2.75, 3.05) is 6.54 Å². The highest BCUT2D eigenvalue weighted by Crippen LogP contribution is 2.29. The number of rotatable bonds is 5. The number of benzene rings is 1. The lowest BCUT2D eigenvalue weighted by Gasteiger charge is -2.18. The zero-order valence-corrected chi connectivity index (χ0v) is 11.6. The number of carbonyl (C=O) groups is 1. The predicted molar refractivity (Wildman–Crippen MR) is 74.0 cm³/mol. The molecule has 0 radical (unpaired) electrons. The summed E-state index contributed by atoms with van der Waals surface area (Å²) in [6.07, 6.45) is 3.60. The number of amides is 1. The van der Waals surface area contributed by atoms with Crippen LogP contribution in [0.5, 0.6) is 5.75 Å². The Morgan fingerprint density at radius 1 is 1.58 bits per heavy atom. The van der Waals surface area contributed by atoms with Crippen LogP contribution in [0.4, 0.5) is 0 Å². The summed E-state index contributed by atoms with van der Waals surface area (Å²) in [4.78, 5) is 11.6. The fourth-order valence-electron chi connectivity index (χ4n) is 1.48. The van der Waals surface area contributed by atoms with Crippen molar-refractivity contribution in [3.8, 4) is 18.1 Å². The maximum Gasteiger partial charge on any atom is 0.261 e. The first-order valence-corrected chi connectivity index (χ1v) is 6.18. The van der Waals surface area contributed by atoms with Gasteiger partial charge < -0.3 is 15.2 Å². The van der Waals surface area contributed by atoms with Crippen molar-refractivity contribution >= 4 is 17.5 Å². The standard InChI is InChI=1S/C14H16ClNO3/c1-4-7-16-14(18)10(3)19-13-6-5-11(15)8-12(13)9(2)17/h1,5-6,8-10,17H,7H2,2-3H3,(H,16,18)/t9-,10?/m1/s1. The quantitative estimate of drug-likeness (QED) is 0.811. The minimum atomic E-state index is -0.741. The smallest absolute Gasteiger partial charge is 0.261 e. The van der Waals surface area contributed by atoms with E-state index in [0.717, 1.165) is 0 Å². The lowest BCUT2D eigenvalue weighted by Crippen LogP contribution is -2.36. The molecule has 2 atom stereocenters. The minimum absolute atomic E-state index is 0.149. The number of aliphatic hydroxyl groups is 1. The lowest BCUT2D eigenvalue weighted by atomic mass is 10.1. The Hall–Kier alpha value is -1.70. The van der Waals surface area contributed by atoms with Gasteiger partial charge in [-0.25, -0.2) is 0 Å². The van der Waals surface area contributed by atoms with Crippen LogP contribution in [0.2, 0.25) is 5.02 Å². The van der Waals surface area contributed by atoms with E-state index in [4.69, 9.17) is 22.8 Å². The highest BCUT2D eigenvalue weighted by Gasteiger charge is 2.17. The number of nitrogens with one attached hydrogen (secondary N) is 1.